The highest BCUT2D eigenvalue weighted by Gasteiger charge is 2.19. The highest BCUT2D eigenvalue weighted by atomic mass is 32.2. The van der Waals surface area contributed by atoms with E-state index in [0.29, 0.717) is 0 Å². The Hall–Kier alpha value is -2.38. The van der Waals surface area contributed by atoms with Crippen LogP contribution < -0.4 is 5.73 Å². The van der Waals surface area contributed by atoms with Crippen LogP contribution in [0.2, 0.25) is 0 Å². The Morgan fingerprint density at radius 1 is 1.15 bits per heavy atom. The van der Waals surface area contributed by atoms with E-state index in [1.165, 1.54) is 11.1 Å². The van der Waals surface area contributed by atoms with E-state index in [0.717, 1.165) is 44.1 Å². The Kier molecular flexibility index (Phi) is 4.65. The Balaban J connectivity index is 1.65. The third-order valence-electron chi connectivity index (χ3n) is 4.23. The summed E-state index contributed by atoms with van der Waals surface area (Å²) >= 11 is 3.26. The molecular weight excluding hydrogens is 362 g/mol. The molecule has 4 rings (SSSR count). The van der Waals surface area contributed by atoms with Crippen molar-refractivity contribution in [1.82, 2.24) is 19.7 Å². The molecular formula is C19H19N5S2. The van der Waals surface area contributed by atoms with Gasteiger partial charge < -0.3 is 10.3 Å². The predicted molar refractivity (Wildman–Crippen MR) is 109 cm³/mol. The molecule has 7 heteroatoms. The molecule has 0 saturated heterocycles. The minimum Gasteiger partial charge on any atom is -0.397 e. The van der Waals surface area contributed by atoms with Gasteiger partial charge in [0, 0.05) is 23.9 Å². The number of hydrogen-bond donors (Lipinski definition) is 1. The lowest BCUT2D eigenvalue weighted by molar-refractivity contribution is 0.688. The summed E-state index contributed by atoms with van der Waals surface area (Å²) in [6, 6.07) is 12.5. The lowest BCUT2D eigenvalue weighted by Crippen LogP contribution is -2.00. The van der Waals surface area contributed by atoms with Crippen LogP contribution in [0.1, 0.15) is 18.1 Å². The number of benzene rings is 1. The van der Waals surface area contributed by atoms with Gasteiger partial charge in [0.1, 0.15) is 4.83 Å². The molecule has 0 atom stereocenters. The van der Waals surface area contributed by atoms with Crippen LogP contribution in [0.25, 0.3) is 20.9 Å². The normalized spacial score (nSPS) is 11.3. The topological polar surface area (TPSA) is 69.6 Å². The number of thioether (sulfide) groups is 1. The third kappa shape index (κ3) is 3.08. The first-order valence-corrected chi connectivity index (χ1v) is 10.2. The molecule has 3 heterocycles. The van der Waals surface area contributed by atoms with Crippen molar-refractivity contribution in [3.8, 4) is 10.7 Å². The Morgan fingerprint density at radius 3 is 2.69 bits per heavy atom. The molecule has 0 unspecified atom stereocenters. The number of thiophene rings is 1. The van der Waals surface area contributed by atoms with Crippen LogP contribution in [-0.4, -0.2) is 19.7 Å². The van der Waals surface area contributed by atoms with E-state index in [1.807, 2.05) is 12.1 Å². The second kappa shape index (κ2) is 7.09. The summed E-state index contributed by atoms with van der Waals surface area (Å²) < 4.78 is 2.12. The highest BCUT2D eigenvalue weighted by Crippen LogP contribution is 2.39. The van der Waals surface area contributed by atoms with Crippen LogP contribution in [0.5, 0.6) is 0 Å². The number of aromatic nitrogens is 4. The maximum atomic E-state index is 6.37. The fourth-order valence-corrected chi connectivity index (χ4v) is 4.81. The summed E-state index contributed by atoms with van der Waals surface area (Å²) in [6.07, 6.45) is 1.79. The summed E-state index contributed by atoms with van der Waals surface area (Å²) in [5.74, 6) is 1.68. The van der Waals surface area contributed by atoms with Crippen molar-refractivity contribution in [3.05, 3.63) is 53.7 Å². The first-order valence-electron chi connectivity index (χ1n) is 8.42. The monoisotopic (exact) mass is 381 g/mol. The van der Waals surface area contributed by atoms with Gasteiger partial charge in [0.05, 0.1) is 10.6 Å². The van der Waals surface area contributed by atoms with Gasteiger partial charge in [-0.05, 0) is 31.5 Å². The first kappa shape index (κ1) is 17.1. The lowest BCUT2D eigenvalue weighted by atomic mass is 10.2. The van der Waals surface area contributed by atoms with Gasteiger partial charge in [-0.1, -0.05) is 41.6 Å². The smallest absolute Gasteiger partial charge is 0.191 e. The van der Waals surface area contributed by atoms with E-state index in [9.17, 15) is 0 Å². The van der Waals surface area contributed by atoms with Crippen molar-refractivity contribution in [3.63, 3.8) is 0 Å². The van der Waals surface area contributed by atoms with Gasteiger partial charge in [-0.2, -0.15) is 0 Å². The highest BCUT2D eigenvalue weighted by molar-refractivity contribution is 7.98. The van der Waals surface area contributed by atoms with Crippen LogP contribution in [0, 0.1) is 6.92 Å². The summed E-state index contributed by atoms with van der Waals surface area (Å²) in [6.45, 7) is 4.99. The number of pyridine rings is 1. The number of hydrogen-bond acceptors (Lipinski definition) is 6. The molecule has 3 aromatic heterocycles. The van der Waals surface area contributed by atoms with Crippen molar-refractivity contribution in [2.24, 2.45) is 0 Å². The molecule has 2 N–H and O–H groups in total. The SMILES string of the molecule is CCn1c(SCc2ccc(C)cc2)nnc1-c1sc2ncccc2c1N. The molecule has 0 radical (unpaired) electrons. The molecule has 0 saturated carbocycles. The van der Waals surface area contributed by atoms with Gasteiger partial charge in [0.15, 0.2) is 11.0 Å². The zero-order chi connectivity index (χ0) is 18.1. The molecule has 0 aliphatic carbocycles. The van der Waals surface area contributed by atoms with Gasteiger partial charge in [-0.25, -0.2) is 4.98 Å². The third-order valence-corrected chi connectivity index (χ3v) is 6.39. The average molecular weight is 382 g/mol. The van der Waals surface area contributed by atoms with Crippen LogP contribution in [-0.2, 0) is 12.3 Å². The van der Waals surface area contributed by atoms with Crippen molar-refractivity contribution >= 4 is 39.0 Å². The molecule has 1 aromatic carbocycles. The van der Waals surface area contributed by atoms with E-state index in [2.05, 4.69) is 57.9 Å². The quantitative estimate of drug-likeness (QED) is 0.505. The molecule has 26 heavy (non-hydrogen) atoms. The molecule has 0 fully saturated rings. The number of aryl methyl sites for hydroxylation is 1. The minimum atomic E-state index is 0.732. The summed E-state index contributed by atoms with van der Waals surface area (Å²) in [7, 11) is 0. The van der Waals surface area contributed by atoms with Crippen LogP contribution >= 0.6 is 23.1 Å². The van der Waals surface area contributed by atoms with Crippen LogP contribution in [0.4, 0.5) is 5.69 Å². The molecule has 0 aliphatic rings. The maximum absolute atomic E-state index is 6.37. The predicted octanol–water partition coefficient (Wildman–Crippen LogP) is 4.76. The summed E-state index contributed by atoms with van der Waals surface area (Å²) in [5, 5.41) is 10.7. The lowest BCUT2D eigenvalue weighted by Gasteiger charge is -2.07. The average Bonchev–Trinajstić information content (AvgIpc) is 3.22. The van der Waals surface area contributed by atoms with Gasteiger partial charge in [-0.3, -0.25) is 0 Å². The van der Waals surface area contributed by atoms with Gasteiger partial charge in [-0.15, -0.1) is 21.5 Å². The van der Waals surface area contributed by atoms with E-state index >= 15 is 0 Å². The van der Waals surface area contributed by atoms with Crippen molar-refractivity contribution in [2.45, 2.75) is 31.3 Å². The second-order valence-corrected chi connectivity index (χ2v) is 7.97. The Labute approximate surface area is 160 Å². The molecule has 0 bridgehead atoms. The molecule has 0 aliphatic heterocycles. The Bertz CT molecular complexity index is 1050. The molecule has 0 spiro atoms. The molecule has 0 amide bonds. The van der Waals surface area contributed by atoms with Crippen LogP contribution in [0.3, 0.4) is 0 Å². The van der Waals surface area contributed by atoms with E-state index < -0.39 is 0 Å². The maximum Gasteiger partial charge on any atom is 0.191 e. The largest absolute Gasteiger partial charge is 0.397 e. The standard InChI is InChI=1S/C19H19N5S2/c1-3-24-17(16-15(20)14-5-4-10-21-18(14)26-16)22-23-19(24)25-11-13-8-6-12(2)7-9-13/h4-10H,3,11,20H2,1-2H3. The fourth-order valence-electron chi connectivity index (χ4n) is 2.80. The number of nitrogens with zero attached hydrogens (tertiary/aromatic N) is 4. The van der Waals surface area contributed by atoms with Crippen LogP contribution in [0.15, 0.2) is 47.8 Å². The number of fused-ring (bicyclic) bond motifs is 1. The van der Waals surface area contributed by atoms with Gasteiger partial charge in [0.2, 0.25) is 0 Å². The van der Waals surface area contributed by atoms with Crippen molar-refractivity contribution in [1.29, 1.82) is 0 Å². The zero-order valence-electron chi connectivity index (χ0n) is 14.6. The van der Waals surface area contributed by atoms with Crippen molar-refractivity contribution in [2.75, 3.05) is 5.73 Å². The number of nitrogens with two attached hydrogens (primary N) is 1. The van der Waals surface area contributed by atoms with E-state index in [4.69, 9.17) is 5.73 Å². The zero-order valence-corrected chi connectivity index (χ0v) is 16.3. The molecule has 132 valence electrons. The summed E-state index contributed by atoms with van der Waals surface area (Å²) in [5.41, 5.74) is 9.64. The van der Waals surface area contributed by atoms with Crippen molar-refractivity contribution < 1.29 is 0 Å². The fraction of sp³-hybridized carbons (Fsp3) is 0.211. The first-order chi connectivity index (χ1) is 12.7. The number of anilines is 1. The minimum absolute atomic E-state index is 0.732. The number of nitrogen functional groups attached to an aromatic ring is 1. The molecule has 5 nitrogen and oxygen atoms in total. The van der Waals surface area contributed by atoms with Gasteiger partial charge in [0.25, 0.3) is 0 Å². The summed E-state index contributed by atoms with van der Waals surface area (Å²) in [4.78, 5) is 6.28. The Morgan fingerprint density at radius 2 is 1.96 bits per heavy atom. The van der Waals surface area contributed by atoms with E-state index in [-0.39, 0.29) is 0 Å². The second-order valence-electron chi connectivity index (χ2n) is 6.03. The number of rotatable bonds is 5. The molecule has 4 aromatic rings. The van der Waals surface area contributed by atoms with Gasteiger partial charge >= 0.3 is 0 Å². The van der Waals surface area contributed by atoms with E-state index in [1.54, 1.807) is 29.3 Å².